The van der Waals surface area contributed by atoms with Crippen molar-refractivity contribution in [3.8, 4) is 17.2 Å². The summed E-state index contributed by atoms with van der Waals surface area (Å²) < 4.78 is 32.6. The predicted molar refractivity (Wildman–Crippen MR) is 149 cm³/mol. The Labute approximate surface area is 230 Å². The summed E-state index contributed by atoms with van der Waals surface area (Å²) in [4.78, 5) is 12.1. The number of ether oxygens (including phenoxy) is 3. The SMILES string of the molecule is COc1ccc(CNc2nc3cc(OC)c(F)cc3c3nc([C@@H]4CCCN(c5cn[nH]c5C)C4)nn23)c(OC)c1. The molecule has 0 amide bonds. The number of halogens is 1. The first-order chi connectivity index (χ1) is 19.5. The van der Waals surface area contributed by atoms with Gasteiger partial charge in [-0.05, 0) is 38.0 Å². The lowest BCUT2D eigenvalue weighted by molar-refractivity contribution is 0.387. The molecule has 0 saturated carbocycles. The second kappa shape index (κ2) is 10.5. The molecular weight excluding hydrogens is 515 g/mol. The van der Waals surface area contributed by atoms with E-state index in [0.29, 0.717) is 46.4 Å². The standard InChI is InChI=1S/C28H31FN8O3/c1-16-23(14-31-34-16)36-9-5-6-18(15-36)26-33-27-20-11-21(29)25(40-4)12-22(20)32-28(37(27)35-26)30-13-17-7-8-19(38-2)10-24(17)39-3/h7-8,10-12,14,18H,5-6,9,13,15H2,1-4H3,(H,30,32)(H,31,34)/t18-/m1/s1. The number of nitrogens with zero attached hydrogens (tertiary/aromatic N) is 6. The number of piperidine rings is 1. The molecule has 0 spiro atoms. The lowest BCUT2D eigenvalue weighted by atomic mass is 9.97. The van der Waals surface area contributed by atoms with E-state index in [9.17, 15) is 4.39 Å². The summed E-state index contributed by atoms with van der Waals surface area (Å²) in [6.45, 7) is 4.13. The molecule has 5 aromatic rings. The Bertz CT molecular complexity index is 1680. The van der Waals surface area contributed by atoms with E-state index in [4.69, 9.17) is 29.3 Å². The van der Waals surface area contributed by atoms with E-state index in [0.717, 1.165) is 42.9 Å². The van der Waals surface area contributed by atoms with Crippen LogP contribution >= 0.6 is 0 Å². The van der Waals surface area contributed by atoms with Crippen LogP contribution in [-0.4, -0.2) is 64.2 Å². The molecule has 0 bridgehead atoms. The van der Waals surface area contributed by atoms with Gasteiger partial charge in [0.1, 0.15) is 11.5 Å². The van der Waals surface area contributed by atoms with Gasteiger partial charge in [0.2, 0.25) is 5.95 Å². The zero-order valence-electron chi connectivity index (χ0n) is 22.9. The van der Waals surface area contributed by atoms with Crippen LogP contribution in [0.15, 0.2) is 36.5 Å². The molecule has 11 nitrogen and oxygen atoms in total. The Hall–Kier alpha value is -4.61. The summed E-state index contributed by atoms with van der Waals surface area (Å²) in [5.41, 5.74) is 4.11. The van der Waals surface area contributed by atoms with Crippen molar-refractivity contribution in [2.75, 3.05) is 44.6 Å². The number of aromatic nitrogens is 6. The van der Waals surface area contributed by atoms with Crippen molar-refractivity contribution in [3.05, 3.63) is 59.4 Å². The third kappa shape index (κ3) is 4.59. The second-order valence-corrected chi connectivity index (χ2v) is 9.84. The van der Waals surface area contributed by atoms with Gasteiger partial charge in [-0.15, -0.1) is 5.10 Å². The number of H-pyrrole nitrogens is 1. The van der Waals surface area contributed by atoms with E-state index < -0.39 is 5.82 Å². The summed E-state index contributed by atoms with van der Waals surface area (Å²) in [6.07, 6.45) is 3.81. The van der Waals surface area contributed by atoms with Crippen molar-refractivity contribution in [2.24, 2.45) is 0 Å². The lowest BCUT2D eigenvalue weighted by Gasteiger charge is -2.32. The van der Waals surface area contributed by atoms with E-state index in [2.05, 4.69) is 20.4 Å². The first-order valence-corrected chi connectivity index (χ1v) is 13.1. The molecule has 0 unspecified atom stereocenters. The molecule has 12 heteroatoms. The quantitative estimate of drug-likeness (QED) is 0.291. The van der Waals surface area contributed by atoms with E-state index in [1.165, 1.54) is 13.2 Å². The number of hydrogen-bond donors (Lipinski definition) is 2. The van der Waals surface area contributed by atoms with Crippen molar-refractivity contribution < 1.29 is 18.6 Å². The van der Waals surface area contributed by atoms with Gasteiger partial charge in [0.15, 0.2) is 23.0 Å². The maximum atomic E-state index is 14.8. The third-order valence-electron chi connectivity index (χ3n) is 7.42. The van der Waals surface area contributed by atoms with E-state index in [-0.39, 0.29) is 11.7 Å². The van der Waals surface area contributed by atoms with Crippen molar-refractivity contribution >= 4 is 28.2 Å². The third-order valence-corrected chi connectivity index (χ3v) is 7.42. The molecule has 1 atom stereocenters. The van der Waals surface area contributed by atoms with Gasteiger partial charge in [-0.1, -0.05) is 0 Å². The normalized spacial score (nSPS) is 15.5. The number of aryl methyl sites for hydroxylation is 1. The number of aromatic amines is 1. The van der Waals surface area contributed by atoms with Crippen LogP contribution in [0.2, 0.25) is 0 Å². The highest BCUT2D eigenvalue weighted by Gasteiger charge is 2.27. The number of hydrogen-bond acceptors (Lipinski definition) is 9. The topological polar surface area (TPSA) is 115 Å². The molecule has 0 radical (unpaired) electrons. The first kappa shape index (κ1) is 25.7. The lowest BCUT2D eigenvalue weighted by Crippen LogP contribution is -2.35. The highest BCUT2D eigenvalue weighted by atomic mass is 19.1. The maximum absolute atomic E-state index is 14.8. The average molecular weight is 547 g/mol. The zero-order chi connectivity index (χ0) is 27.8. The van der Waals surface area contributed by atoms with Gasteiger partial charge in [0.25, 0.3) is 0 Å². The predicted octanol–water partition coefficient (Wildman–Crippen LogP) is 4.47. The molecule has 1 fully saturated rings. The average Bonchev–Trinajstić information content (AvgIpc) is 3.63. The number of benzene rings is 2. The Balaban J connectivity index is 1.40. The molecule has 1 aliphatic rings. The Morgan fingerprint density at radius 1 is 1.07 bits per heavy atom. The molecule has 0 aliphatic carbocycles. The van der Waals surface area contributed by atoms with Gasteiger partial charge < -0.3 is 24.4 Å². The van der Waals surface area contributed by atoms with Crippen LogP contribution in [0.25, 0.3) is 16.6 Å². The molecule has 6 rings (SSSR count). The molecule has 3 aromatic heterocycles. The van der Waals surface area contributed by atoms with E-state index in [1.54, 1.807) is 24.8 Å². The molecule has 2 N–H and O–H groups in total. The molecule has 1 saturated heterocycles. The molecule has 208 valence electrons. The minimum atomic E-state index is -0.480. The van der Waals surface area contributed by atoms with Gasteiger partial charge in [0, 0.05) is 48.6 Å². The van der Waals surface area contributed by atoms with Crippen LogP contribution in [0.3, 0.4) is 0 Å². The summed E-state index contributed by atoms with van der Waals surface area (Å²) in [7, 11) is 4.67. The van der Waals surface area contributed by atoms with Crippen LogP contribution in [0.5, 0.6) is 17.2 Å². The molecular formula is C28H31FN8O3. The van der Waals surface area contributed by atoms with Gasteiger partial charge in [-0.25, -0.2) is 14.4 Å². The van der Waals surface area contributed by atoms with E-state index >= 15 is 0 Å². The van der Waals surface area contributed by atoms with E-state index in [1.807, 2.05) is 31.3 Å². The summed E-state index contributed by atoms with van der Waals surface area (Å²) in [5.74, 6) is 2.29. The van der Waals surface area contributed by atoms with Crippen LogP contribution in [0.4, 0.5) is 16.0 Å². The van der Waals surface area contributed by atoms with Crippen LogP contribution in [-0.2, 0) is 6.54 Å². The monoisotopic (exact) mass is 546 g/mol. The minimum absolute atomic E-state index is 0.0932. The maximum Gasteiger partial charge on any atom is 0.226 e. The smallest absolute Gasteiger partial charge is 0.226 e. The highest BCUT2D eigenvalue weighted by Crippen LogP contribution is 2.33. The molecule has 2 aromatic carbocycles. The van der Waals surface area contributed by atoms with Gasteiger partial charge >= 0.3 is 0 Å². The van der Waals surface area contributed by atoms with Crippen LogP contribution < -0.4 is 24.4 Å². The Kier molecular flexibility index (Phi) is 6.74. The number of anilines is 2. The molecule has 40 heavy (non-hydrogen) atoms. The fourth-order valence-electron chi connectivity index (χ4n) is 5.31. The summed E-state index contributed by atoms with van der Waals surface area (Å²) in [6, 6.07) is 8.64. The zero-order valence-corrected chi connectivity index (χ0v) is 22.9. The van der Waals surface area contributed by atoms with Gasteiger partial charge in [0.05, 0.1) is 44.4 Å². The van der Waals surface area contributed by atoms with Crippen LogP contribution in [0, 0.1) is 12.7 Å². The Morgan fingerprint density at radius 2 is 1.93 bits per heavy atom. The van der Waals surface area contributed by atoms with Gasteiger partial charge in [-0.2, -0.15) is 9.61 Å². The summed E-state index contributed by atoms with van der Waals surface area (Å²) in [5, 5.41) is 16.1. The van der Waals surface area contributed by atoms with Crippen molar-refractivity contribution in [1.29, 1.82) is 0 Å². The largest absolute Gasteiger partial charge is 0.497 e. The highest BCUT2D eigenvalue weighted by molar-refractivity contribution is 5.93. The van der Waals surface area contributed by atoms with Gasteiger partial charge in [-0.3, -0.25) is 5.10 Å². The molecule has 1 aliphatic heterocycles. The van der Waals surface area contributed by atoms with Crippen LogP contribution in [0.1, 0.15) is 35.8 Å². The second-order valence-electron chi connectivity index (χ2n) is 9.84. The van der Waals surface area contributed by atoms with Crippen molar-refractivity contribution in [3.63, 3.8) is 0 Å². The minimum Gasteiger partial charge on any atom is -0.497 e. The molecule has 4 heterocycles. The number of fused-ring (bicyclic) bond motifs is 3. The fraction of sp³-hybridized carbons (Fsp3) is 0.357. The first-order valence-electron chi connectivity index (χ1n) is 13.1. The fourth-order valence-corrected chi connectivity index (χ4v) is 5.31. The number of nitrogens with one attached hydrogen (secondary N) is 2. The Morgan fingerprint density at radius 3 is 2.67 bits per heavy atom. The summed E-state index contributed by atoms with van der Waals surface area (Å²) >= 11 is 0. The van der Waals surface area contributed by atoms with Crippen molar-refractivity contribution in [1.82, 2.24) is 29.8 Å². The number of methoxy groups -OCH3 is 3. The van der Waals surface area contributed by atoms with Crippen molar-refractivity contribution in [2.45, 2.75) is 32.2 Å². The number of rotatable bonds is 8.